The minimum atomic E-state index is -0.712. The molecule has 1 N–H and O–H groups in total. The highest BCUT2D eigenvalue weighted by Gasteiger charge is 2.18. The third-order valence-corrected chi connectivity index (χ3v) is 2.88. The Morgan fingerprint density at radius 3 is 2.57 bits per heavy atom. The third-order valence-electron chi connectivity index (χ3n) is 2.88. The summed E-state index contributed by atoms with van der Waals surface area (Å²) >= 11 is 0. The molecule has 0 heterocycles. The van der Waals surface area contributed by atoms with Gasteiger partial charge in [-0.2, -0.15) is 5.10 Å². The molecule has 0 amide bonds. The number of nitrogens with one attached hydrogen (secondary N) is 1. The molecule has 118 valence electrons. The molecule has 0 atom stereocenters. The van der Waals surface area contributed by atoms with Crippen LogP contribution in [-0.4, -0.2) is 23.2 Å². The van der Waals surface area contributed by atoms with E-state index >= 15 is 0 Å². The number of hydrazone groups is 1. The molecule has 0 bridgehead atoms. The molecule has 0 aliphatic carbocycles. The molecule has 0 aromatic heterocycles. The highest BCUT2D eigenvalue weighted by molar-refractivity contribution is 5.81. The normalized spacial score (nSPS) is 10.5. The van der Waals surface area contributed by atoms with Crippen LogP contribution >= 0.6 is 0 Å². The van der Waals surface area contributed by atoms with Gasteiger partial charge in [-0.1, -0.05) is 12.1 Å². The van der Waals surface area contributed by atoms with Crippen molar-refractivity contribution in [2.75, 3.05) is 12.5 Å². The fraction of sp³-hybridized carbons (Fsp3) is 0.0714. The van der Waals surface area contributed by atoms with Gasteiger partial charge in [0.25, 0.3) is 5.69 Å². The van der Waals surface area contributed by atoms with E-state index in [0.29, 0.717) is 5.75 Å². The molecule has 2 aromatic carbocycles. The van der Waals surface area contributed by atoms with Crippen molar-refractivity contribution in [3.05, 3.63) is 68.3 Å². The summed E-state index contributed by atoms with van der Waals surface area (Å²) < 4.78 is 5.07. The Hall–Kier alpha value is -3.49. The molecule has 2 aromatic rings. The summed E-state index contributed by atoms with van der Waals surface area (Å²) in [7, 11) is 1.54. The quantitative estimate of drug-likeness (QED) is 0.497. The van der Waals surface area contributed by atoms with E-state index in [9.17, 15) is 20.2 Å². The number of ether oxygens (including phenoxy) is 1. The lowest BCUT2D eigenvalue weighted by Crippen LogP contribution is -1.98. The van der Waals surface area contributed by atoms with Gasteiger partial charge in [0.15, 0.2) is 0 Å². The predicted octanol–water partition coefficient (Wildman–Crippen LogP) is 2.96. The molecular weight excluding hydrogens is 304 g/mol. The first kappa shape index (κ1) is 15.9. The average molecular weight is 316 g/mol. The van der Waals surface area contributed by atoms with Crippen LogP contribution in [0.15, 0.2) is 47.6 Å². The zero-order chi connectivity index (χ0) is 16.8. The van der Waals surface area contributed by atoms with Gasteiger partial charge >= 0.3 is 5.69 Å². The molecule has 9 nitrogen and oxygen atoms in total. The summed E-state index contributed by atoms with van der Waals surface area (Å²) in [6.45, 7) is 0. The van der Waals surface area contributed by atoms with Crippen LogP contribution in [-0.2, 0) is 0 Å². The predicted molar refractivity (Wildman–Crippen MR) is 84.0 cm³/mol. The minimum absolute atomic E-state index is 0.0553. The lowest BCUT2D eigenvalue weighted by atomic mass is 10.2. The van der Waals surface area contributed by atoms with Gasteiger partial charge in [0, 0.05) is 6.07 Å². The number of nitro groups is 2. The van der Waals surface area contributed by atoms with Gasteiger partial charge in [-0.25, -0.2) is 0 Å². The maximum atomic E-state index is 11.0. The standard InChI is InChI=1S/C14H12N4O5/c1-23-12-4-2-3-10(7-12)9-15-16-13-6-5-11(17(19)20)8-14(13)18(21)22/h2-9,16H,1H3. The molecule has 0 radical (unpaired) electrons. The van der Waals surface area contributed by atoms with Crippen LogP contribution in [0.4, 0.5) is 17.1 Å². The fourth-order valence-corrected chi connectivity index (χ4v) is 1.78. The topological polar surface area (TPSA) is 120 Å². The van der Waals surface area contributed by atoms with E-state index < -0.39 is 15.5 Å². The molecule has 9 heteroatoms. The number of hydrogen-bond donors (Lipinski definition) is 1. The number of nitrogens with zero attached hydrogens (tertiary/aromatic N) is 3. The van der Waals surface area contributed by atoms with Crippen LogP contribution in [0.2, 0.25) is 0 Å². The number of non-ortho nitro benzene ring substituents is 1. The number of rotatable bonds is 6. The molecule has 0 unspecified atom stereocenters. The Balaban J connectivity index is 2.20. The molecule has 23 heavy (non-hydrogen) atoms. The first-order valence-electron chi connectivity index (χ1n) is 6.37. The monoisotopic (exact) mass is 316 g/mol. The molecule has 2 rings (SSSR count). The lowest BCUT2D eigenvalue weighted by molar-refractivity contribution is -0.393. The van der Waals surface area contributed by atoms with E-state index in [4.69, 9.17) is 4.74 Å². The number of hydrogen-bond acceptors (Lipinski definition) is 7. The van der Waals surface area contributed by atoms with Gasteiger partial charge in [0.2, 0.25) is 0 Å². The van der Waals surface area contributed by atoms with E-state index in [2.05, 4.69) is 10.5 Å². The smallest absolute Gasteiger partial charge is 0.301 e. The van der Waals surface area contributed by atoms with E-state index in [0.717, 1.165) is 17.7 Å². The molecule has 0 saturated carbocycles. The minimum Gasteiger partial charge on any atom is -0.497 e. The second kappa shape index (κ2) is 6.98. The van der Waals surface area contributed by atoms with Gasteiger partial charge < -0.3 is 4.74 Å². The maximum absolute atomic E-state index is 11.0. The van der Waals surface area contributed by atoms with Gasteiger partial charge in [-0.3, -0.25) is 25.7 Å². The first-order chi connectivity index (χ1) is 11.0. The SMILES string of the molecule is COc1cccc(C=NNc2ccc([N+](=O)[O-])cc2[N+](=O)[O-])c1. The highest BCUT2D eigenvalue weighted by Crippen LogP contribution is 2.28. The van der Waals surface area contributed by atoms with Crippen molar-refractivity contribution in [1.82, 2.24) is 0 Å². The number of anilines is 1. The van der Waals surface area contributed by atoms with E-state index in [-0.39, 0.29) is 11.4 Å². The van der Waals surface area contributed by atoms with Crippen molar-refractivity contribution in [2.45, 2.75) is 0 Å². The van der Waals surface area contributed by atoms with Crippen molar-refractivity contribution in [3.63, 3.8) is 0 Å². The Morgan fingerprint density at radius 1 is 1.13 bits per heavy atom. The second-order valence-corrected chi connectivity index (χ2v) is 4.36. The number of methoxy groups -OCH3 is 1. The lowest BCUT2D eigenvalue weighted by Gasteiger charge is -2.02. The van der Waals surface area contributed by atoms with Gasteiger partial charge in [0.05, 0.1) is 29.2 Å². The van der Waals surface area contributed by atoms with Crippen LogP contribution in [0.5, 0.6) is 5.75 Å². The molecular formula is C14H12N4O5. The molecule has 0 saturated heterocycles. The highest BCUT2D eigenvalue weighted by atomic mass is 16.6. The third kappa shape index (κ3) is 4.00. The molecule has 0 fully saturated rings. The Labute approximate surface area is 130 Å². The van der Waals surface area contributed by atoms with Crippen molar-refractivity contribution in [1.29, 1.82) is 0 Å². The van der Waals surface area contributed by atoms with Crippen LogP contribution in [0.25, 0.3) is 0 Å². The van der Waals surface area contributed by atoms with Crippen LogP contribution in [0.3, 0.4) is 0 Å². The van der Waals surface area contributed by atoms with Crippen LogP contribution < -0.4 is 10.2 Å². The zero-order valence-electron chi connectivity index (χ0n) is 12.0. The van der Waals surface area contributed by atoms with E-state index in [1.165, 1.54) is 19.4 Å². The Morgan fingerprint density at radius 2 is 1.91 bits per heavy atom. The summed E-state index contributed by atoms with van der Waals surface area (Å²) in [6.07, 6.45) is 1.45. The summed E-state index contributed by atoms with van der Waals surface area (Å²) in [5.74, 6) is 0.648. The Bertz CT molecular complexity index is 776. The zero-order valence-corrected chi connectivity index (χ0v) is 12.0. The first-order valence-corrected chi connectivity index (χ1v) is 6.37. The number of nitro benzene ring substituents is 2. The molecule has 0 spiro atoms. The average Bonchev–Trinajstić information content (AvgIpc) is 2.55. The van der Waals surface area contributed by atoms with E-state index in [1.807, 2.05) is 0 Å². The molecule has 0 aliphatic rings. The fourth-order valence-electron chi connectivity index (χ4n) is 1.78. The van der Waals surface area contributed by atoms with Gasteiger partial charge in [-0.15, -0.1) is 0 Å². The van der Waals surface area contributed by atoms with E-state index in [1.54, 1.807) is 24.3 Å². The summed E-state index contributed by atoms with van der Waals surface area (Å²) in [6, 6.07) is 10.3. The summed E-state index contributed by atoms with van der Waals surface area (Å²) in [4.78, 5) is 20.2. The summed E-state index contributed by atoms with van der Waals surface area (Å²) in [5, 5.41) is 25.6. The largest absolute Gasteiger partial charge is 0.497 e. The Kier molecular flexibility index (Phi) is 4.82. The summed E-state index contributed by atoms with van der Waals surface area (Å²) in [5.41, 5.74) is 2.50. The maximum Gasteiger partial charge on any atom is 0.301 e. The van der Waals surface area contributed by atoms with Crippen LogP contribution in [0, 0.1) is 20.2 Å². The molecule has 0 aliphatic heterocycles. The second-order valence-electron chi connectivity index (χ2n) is 4.36. The van der Waals surface area contributed by atoms with Crippen LogP contribution in [0.1, 0.15) is 5.56 Å². The van der Waals surface area contributed by atoms with Crippen molar-refractivity contribution < 1.29 is 14.6 Å². The van der Waals surface area contributed by atoms with Crippen molar-refractivity contribution >= 4 is 23.3 Å². The van der Waals surface area contributed by atoms with Gasteiger partial charge in [-0.05, 0) is 23.8 Å². The number of benzene rings is 2. The van der Waals surface area contributed by atoms with Crippen molar-refractivity contribution in [3.8, 4) is 5.75 Å². The van der Waals surface area contributed by atoms with Crippen molar-refractivity contribution in [2.24, 2.45) is 5.10 Å². The van der Waals surface area contributed by atoms with Gasteiger partial charge in [0.1, 0.15) is 11.4 Å².